The Hall–Kier alpha value is -1.31. The van der Waals surface area contributed by atoms with E-state index in [1.807, 2.05) is 4.72 Å². The minimum Gasteiger partial charge on any atom is -0.465 e. The first kappa shape index (κ1) is 12.8. The highest BCUT2D eigenvalue weighted by atomic mass is 35.5. The summed E-state index contributed by atoms with van der Waals surface area (Å²) >= 11 is 5.67. The van der Waals surface area contributed by atoms with Crippen molar-refractivity contribution in [3.05, 3.63) is 28.8 Å². The number of esters is 1. The molecular formula is C8H9ClN2O4S. The molecule has 88 valence electrons. The van der Waals surface area contributed by atoms with Crippen molar-refractivity contribution in [2.24, 2.45) is 5.14 Å². The van der Waals surface area contributed by atoms with E-state index in [9.17, 15) is 13.2 Å². The van der Waals surface area contributed by atoms with Gasteiger partial charge >= 0.3 is 5.97 Å². The maximum atomic E-state index is 11.3. The number of rotatable bonds is 3. The maximum absolute atomic E-state index is 11.3. The molecule has 3 N–H and O–H groups in total. The summed E-state index contributed by atoms with van der Waals surface area (Å²) in [6, 6.07) is 4.02. The molecule has 0 saturated carbocycles. The molecule has 1 aromatic carbocycles. The average Bonchev–Trinajstić information content (AvgIpc) is 2.17. The number of hydrogen-bond donors (Lipinski definition) is 2. The van der Waals surface area contributed by atoms with Gasteiger partial charge in [0.25, 0.3) is 10.2 Å². The third-order valence-electron chi connectivity index (χ3n) is 1.64. The molecule has 0 amide bonds. The second-order valence-corrected chi connectivity index (χ2v) is 4.56. The molecule has 0 bridgehead atoms. The van der Waals surface area contributed by atoms with E-state index in [0.29, 0.717) is 0 Å². The van der Waals surface area contributed by atoms with E-state index >= 15 is 0 Å². The molecule has 0 fully saturated rings. The summed E-state index contributed by atoms with van der Waals surface area (Å²) in [6.07, 6.45) is 0. The van der Waals surface area contributed by atoms with Gasteiger partial charge in [-0.25, -0.2) is 9.93 Å². The highest BCUT2D eigenvalue weighted by molar-refractivity contribution is 7.90. The molecule has 0 heterocycles. The van der Waals surface area contributed by atoms with Gasteiger partial charge in [-0.2, -0.15) is 8.42 Å². The summed E-state index contributed by atoms with van der Waals surface area (Å²) in [7, 11) is -2.78. The second-order valence-electron chi connectivity index (χ2n) is 2.83. The van der Waals surface area contributed by atoms with Crippen molar-refractivity contribution in [2.75, 3.05) is 11.8 Å². The van der Waals surface area contributed by atoms with Crippen LogP contribution in [0.1, 0.15) is 10.4 Å². The van der Waals surface area contributed by atoms with Crippen LogP contribution >= 0.6 is 11.6 Å². The molecule has 0 atom stereocenters. The quantitative estimate of drug-likeness (QED) is 0.787. The average molecular weight is 265 g/mol. The van der Waals surface area contributed by atoms with Crippen LogP contribution < -0.4 is 9.86 Å². The summed E-state index contributed by atoms with van der Waals surface area (Å²) in [5.74, 6) is -0.714. The molecular weight excluding hydrogens is 256 g/mol. The summed E-state index contributed by atoms with van der Waals surface area (Å²) in [6.45, 7) is 0. The van der Waals surface area contributed by atoms with Gasteiger partial charge in [0.15, 0.2) is 0 Å². The van der Waals surface area contributed by atoms with Crippen molar-refractivity contribution >= 4 is 33.5 Å². The van der Waals surface area contributed by atoms with Crippen molar-refractivity contribution in [3.8, 4) is 0 Å². The Morgan fingerprint density at radius 2 is 2.12 bits per heavy atom. The van der Waals surface area contributed by atoms with Crippen molar-refractivity contribution in [1.82, 2.24) is 0 Å². The van der Waals surface area contributed by atoms with Gasteiger partial charge in [0.1, 0.15) is 0 Å². The normalized spacial score (nSPS) is 10.9. The van der Waals surface area contributed by atoms with Crippen molar-refractivity contribution < 1.29 is 17.9 Å². The summed E-state index contributed by atoms with van der Waals surface area (Å²) in [4.78, 5) is 11.3. The van der Waals surface area contributed by atoms with E-state index in [0.717, 1.165) is 0 Å². The highest BCUT2D eigenvalue weighted by Crippen LogP contribution is 2.21. The van der Waals surface area contributed by atoms with Gasteiger partial charge in [0.2, 0.25) is 0 Å². The molecule has 1 aromatic rings. The minimum absolute atomic E-state index is 0.0102. The zero-order chi connectivity index (χ0) is 12.3. The molecule has 0 radical (unpaired) electrons. The number of benzene rings is 1. The van der Waals surface area contributed by atoms with Gasteiger partial charge in [0.05, 0.1) is 18.4 Å². The Kier molecular flexibility index (Phi) is 3.74. The molecule has 6 nitrogen and oxygen atoms in total. The second kappa shape index (κ2) is 4.69. The van der Waals surface area contributed by atoms with E-state index in [-0.39, 0.29) is 16.3 Å². The molecule has 0 aliphatic carbocycles. The first-order chi connectivity index (χ1) is 7.33. The largest absolute Gasteiger partial charge is 0.465 e. The van der Waals surface area contributed by atoms with Gasteiger partial charge in [-0.3, -0.25) is 4.72 Å². The van der Waals surface area contributed by atoms with Crippen LogP contribution in [0.25, 0.3) is 0 Å². The minimum atomic E-state index is -3.96. The molecule has 0 aliphatic rings. The Morgan fingerprint density at radius 3 is 2.62 bits per heavy atom. The third-order valence-corrected chi connectivity index (χ3v) is 2.38. The van der Waals surface area contributed by atoms with Crippen LogP contribution in [-0.4, -0.2) is 21.5 Å². The Morgan fingerprint density at radius 1 is 1.50 bits per heavy atom. The lowest BCUT2D eigenvalue weighted by molar-refractivity contribution is 0.0602. The lowest BCUT2D eigenvalue weighted by atomic mass is 10.2. The van der Waals surface area contributed by atoms with Crippen LogP contribution in [0.2, 0.25) is 5.02 Å². The van der Waals surface area contributed by atoms with Crippen molar-refractivity contribution in [3.63, 3.8) is 0 Å². The van der Waals surface area contributed by atoms with Crippen LogP contribution in [0.3, 0.4) is 0 Å². The highest BCUT2D eigenvalue weighted by Gasteiger charge is 2.15. The summed E-state index contributed by atoms with van der Waals surface area (Å²) in [5.41, 5.74) is 0.00257. The summed E-state index contributed by atoms with van der Waals surface area (Å²) in [5, 5.41) is 5.07. The Bertz CT molecular complexity index is 515. The fourth-order valence-electron chi connectivity index (χ4n) is 1.04. The number of hydrogen-bond acceptors (Lipinski definition) is 4. The monoisotopic (exact) mass is 264 g/mol. The molecule has 0 aliphatic heterocycles. The number of methoxy groups -OCH3 is 1. The van der Waals surface area contributed by atoms with Gasteiger partial charge in [-0.15, -0.1) is 0 Å². The van der Waals surface area contributed by atoms with Crippen LogP contribution in [0.4, 0.5) is 5.69 Å². The van der Waals surface area contributed by atoms with Crippen molar-refractivity contribution in [2.45, 2.75) is 0 Å². The third kappa shape index (κ3) is 3.37. The molecule has 8 heteroatoms. The van der Waals surface area contributed by atoms with Gasteiger partial charge in [-0.05, 0) is 18.2 Å². The smallest absolute Gasteiger partial charge is 0.340 e. The first-order valence-electron chi connectivity index (χ1n) is 4.02. The van der Waals surface area contributed by atoms with Crippen LogP contribution in [0.5, 0.6) is 0 Å². The van der Waals surface area contributed by atoms with E-state index in [1.165, 1.54) is 25.3 Å². The number of anilines is 1. The number of carbonyl (C=O) groups is 1. The Labute approximate surface area is 97.5 Å². The fourth-order valence-corrected chi connectivity index (χ4v) is 1.69. The van der Waals surface area contributed by atoms with Crippen LogP contribution in [-0.2, 0) is 14.9 Å². The van der Waals surface area contributed by atoms with Gasteiger partial charge in [0, 0.05) is 5.02 Å². The SMILES string of the molecule is COC(=O)c1cc(Cl)ccc1NS(N)(=O)=O. The van der Waals surface area contributed by atoms with E-state index in [4.69, 9.17) is 16.7 Å². The zero-order valence-corrected chi connectivity index (χ0v) is 9.80. The molecule has 0 saturated heterocycles. The lowest BCUT2D eigenvalue weighted by Crippen LogP contribution is -2.23. The van der Waals surface area contributed by atoms with Crippen molar-refractivity contribution in [1.29, 1.82) is 0 Å². The van der Waals surface area contributed by atoms with E-state index in [1.54, 1.807) is 0 Å². The number of nitrogens with one attached hydrogen (secondary N) is 1. The van der Waals surface area contributed by atoms with E-state index in [2.05, 4.69) is 4.74 Å². The first-order valence-corrected chi connectivity index (χ1v) is 5.94. The maximum Gasteiger partial charge on any atom is 0.340 e. The molecule has 0 spiro atoms. The standard InChI is InChI=1S/C8H9ClN2O4S/c1-15-8(12)6-4-5(9)2-3-7(6)11-16(10,13)14/h2-4,11H,1H3,(H2,10,13,14). The Balaban J connectivity index is 3.23. The topological polar surface area (TPSA) is 98.5 Å². The van der Waals surface area contributed by atoms with Gasteiger partial charge < -0.3 is 4.74 Å². The molecule has 16 heavy (non-hydrogen) atoms. The fraction of sp³-hybridized carbons (Fsp3) is 0.125. The van der Waals surface area contributed by atoms with Crippen LogP contribution in [0.15, 0.2) is 18.2 Å². The molecule has 0 aromatic heterocycles. The lowest BCUT2D eigenvalue weighted by Gasteiger charge is -2.08. The zero-order valence-electron chi connectivity index (χ0n) is 8.23. The van der Waals surface area contributed by atoms with Gasteiger partial charge in [-0.1, -0.05) is 11.6 Å². The predicted molar refractivity (Wildman–Crippen MR) is 59.5 cm³/mol. The number of ether oxygens (including phenoxy) is 1. The van der Waals surface area contributed by atoms with E-state index < -0.39 is 16.2 Å². The molecule has 1 rings (SSSR count). The number of halogens is 1. The number of carbonyl (C=O) groups excluding carboxylic acids is 1. The number of nitrogens with two attached hydrogens (primary N) is 1. The van der Waals surface area contributed by atoms with Crippen LogP contribution in [0, 0.1) is 0 Å². The molecule has 0 unspecified atom stereocenters. The predicted octanol–water partition coefficient (Wildman–Crippen LogP) is 0.742. The summed E-state index contributed by atoms with van der Waals surface area (Å²) < 4.78 is 28.1.